The number of allylic oxidation sites excluding steroid dienone is 1. The predicted molar refractivity (Wildman–Crippen MR) is 68.8 cm³/mol. The largest absolute Gasteiger partial charge is 0.489 e. The van der Waals surface area contributed by atoms with Crippen LogP contribution in [0.15, 0.2) is 35.9 Å². The summed E-state index contributed by atoms with van der Waals surface area (Å²) >= 11 is 0. The van der Waals surface area contributed by atoms with Crippen LogP contribution in [-0.4, -0.2) is 13.7 Å². The van der Waals surface area contributed by atoms with Crippen molar-refractivity contribution in [3.05, 3.63) is 41.5 Å². The first-order valence-corrected chi connectivity index (χ1v) is 5.67. The van der Waals surface area contributed by atoms with E-state index in [9.17, 15) is 0 Å². The highest BCUT2D eigenvalue weighted by atomic mass is 16.5. The lowest BCUT2D eigenvalue weighted by molar-refractivity contribution is 0.354. The van der Waals surface area contributed by atoms with Crippen LogP contribution in [0.4, 0.5) is 0 Å². The van der Waals surface area contributed by atoms with Crippen LogP contribution in [0.25, 0.3) is 0 Å². The molecule has 2 heteroatoms. The molecular formula is C14H21NO. The normalized spacial score (nSPS) is 12.0. The molecule has 0 bridgehead atoms. The molecule has 0 spiro atoms. The number of benzene rings is 1. The highest BCUT2D eigenvalue weighted by Crippen LogP contribution is 2.24. The van der Waals surface area contributed by atoms with Gasteiger partial charge in [-0.15, -0.1) is 0 Å². The highest BCUT2D eigenvalue weighted by molar-refractivity contribution is 5.35. The maximum Gasteiger partial charge on any atom is 0.124 e. The van der Waals surface area contributed by atoms with Gasteiger partial charge >= 0.3 is 0 Å². The van der Waals surface area contributed by atoms with Crippen molar-refractivity contribution in [1.82, 2.24) is 5.32 Å². The first-order chi connectivity index (χ1) is 7.65. The highest BCUT2D eigenvalue weighted by Gasteiger charge is 2.08. The molecule has 0 aromatic heterocycles. The molecule has 0 saturated heterocycles. The van der Waals surface area contributed by atoms with Gasteiger partial charge in [0.1, 0.15) is 12.4 Å². The van der Waals surface area contributed by atoms with E-state index in [1.165, 1.54) is 11.1 Å². The average Bonchev–Trinajstić information content (AvgIpc) is 2.28. The van der Waals surface area contributed by atoms with Crippen LogP contribution in [-0.2, 0) is 0 Å². The van der Waals surface area contributed by atoms with Gasteiger partial charge in [0, 0.05) is 11.6 Å². The summed E-state index contributed by atoms with van der Waals surface area (Å²) in [6.45, 7) is 6.91. The van der Waals surface area contributed by atoms with Gasteiger partial charge in [-0.1, -0.05) is 23.8 Å². The van der Waals surface area contributed by atoms with Crippen LogP contribution in [0.5, 0.6) is 5.75 Å². The minimum absolute atomic E-state index is 0.308. The Hall–Kier alpha value is -1.28. The van der Waals surface area contributed by atoms with Crippen LogP contribution < -0.4 is 10.1 Å². The van der Waals surface area contributed by atoms with E-state index in [4.69, 9.17) is 4.74 Å². The molecule has 1 unspecified atom stereocenters. The third kappa shape index (κ3) is 3.70. The Kier molecular flexibility index (Phi) is 5.06. The molecule has 88 valence electrons. The van der Waals surface area contributed by atoms with Crippen molar-refractivity contribution in [2.24, 2.45) is 0 Å². The lowest BCUT2D eigenvalue weighted by atomic mass is 10.1. The molecule has 2 nitrogen and oxygen atoms in total. The molecule has 16 heavy (non-hydrogen) atoms. The lowest BCUT2D eigenvalue weighted by Crippen LogP contribution is -2.13. The van der Waals surface area contributed by atoms with E-state index >= 15 is 0 Å². The maximum absolute atomic E-state index is 5.75. The standard InChI is InChI=1S/C14H21NO/c1-11(2)9-10-16-14-8-6-5-7-13(14)12(3)15-4/h5-9,12,15H,10H2,1-4H3. The van der Waals surface area contributed by atoms with Crippen molar-refractivity contribution in [3.63, 3.8) is 0 Å². The molecule has 0 amide bonds. The zero-order chi connectivity index (χ0) is 12.0. The predicted octanol–water partition coefficient (Wildman–Crippen LogP) is 3.31. The summed E-state index contributed by atoms with van der Waals surface area (Å²) in [6.07, 6.45) is 2.08. The molecule has 0 saturated carbocycles. The molecule has 1 aromatic rings. The minimum Gasteiger partial charge on any atom is -0.489 e. The molecule has 0 heterocycles. The van der Waals surface area contributed by atoms with E-state index < -0.39 is 0 Å². The zero-order valence-electron chi connectivity index (χ0n) is 10.6. The van der Waals surface area contributed by atoms with E-state index in [0.29, 0.717) is 12.6 Å². The van der Waals surface area contributed by atoms with Gasteiger partial charge in [0.25, 0.3) is 0 Å². The van der Waals surface area contributed by atoms with Gasteiger partial charge in [-0.3, -0.25) is 0 Å². The summed E-state index contributed by atoms with van der Waals surface area (Å²) in [6, 6.07) is 8.46. The van der Waals surface area contributed by atoms with Gasteiger partial charge in [-0.05, 0) is 40.0 Å². The Morgan fingerprint density at radius 1 is 1.38 bits per heavy atom. The van der Waals surface area contributed by atoms with Crippen LogP contribution in [0.1, 0.15) is 32.4 Å². The third-order valence-electron chi connectivity index (χ3n) is 2.55. The number of para-hydroxylation sites is 1. The van der Waals surface area contributed by atoms with E-state index in [2.05, 4.69) is 38.2 Å². The van der Waals surface area contributed by atoms with Crippen LogP contribution in [0, 0.1) is 0 Å². The van der Waals surface area contributed by atoms with Gasteiger partial charge in [0.15, 0.2) is 0 Å². The first kappa shape index (κ1) is 12.8. The van der Waals surface area contributed by atoms with Crippen LogP contribution in [0.3, 0.4) is 0 Å². The Morgan fingerprint density at radius 3 is 2.69 bits per heavy atom. The number of rotatable bonds is 5. The average molecular weight is 219 g/mol. The van der Waals surface area contributed by atoms with Crippen LogP contribution >= 0.6 is 0 Å². The van der Waals surface area contributed by atoms with E-state index in [1.807, 2.05) is 25.2 Å². The summed E-state index contributed by atoms with van der Waals surface area (Å²) in [4.78, 5) is 0. The fraction of sp³-hybridized carbons (Fsp3) is 0.429. The van der Waals surface area contributed by atoms with Crippen molar-refractivity contribution >= 4 is 0 Å². The van der Waals surface area contributed by atoms with Crippen molar-refractivity contribution in [2.75, 3.05) is 13.7 Å². The lowest BCUT2D eigenvalue weighted by Gasteiger charge is -2.15. The van der Waals surface area contributed by atoms with Gasteiger partial charge in [0.2, 0.25) is 0 Å². The topological polar surface area (TPSA) is 21.3 Å². The zero-order valence-corrected chi connectivity index (χ0v) is 10.6. The molecule has 0 aliphatic rings. The summed E-state index contributed by atoms with van der Waals surface area (Å²) in [5, 5.41) is 3.23. The van der Waals surface area contributed by atoms with Crippen molar-refractivity contribution in [3.8, 4) is 5.75 Å². The van der Waals surface area contributed by atoms with Gasteiger partial charge in [-0.25, -0.2) is 0 Å². The molecule has 0 fully saturated rings. The molecule has 1 aromatic carbocycles. The smallest absolute Gasteiger partial charge is 0.124 e. The van der Waals surface area contributed by atoms with Gasteiger partial charge in [0.05, 0.1) is 0 Å². The quantitative estimate of drug-likeness (QED) is 0.767. The summed E-state index contributed by atoms with van der Waals surface area (Å²) in [5.41, 5.74) is 2.48. The Labute approximate surface area is 98.3 Å². The molecule has 1 rings (SSSR count). The molecule has 0 aliphatic carbocycles. The minimum atomic E-state index is 0.308. The van der Waals surface area contributed by atoms with Gasteiger partial charge < -0.3 is 10.1 Å². The Bertz CT molecular complexity index is 354. The Morgan fingerprint density at radius 2 is 2.06 bits per heavy atom. The number of ether oxygens (including phenoxy) is 1. The molecule has 1 atom stereocenters. The number of hydrogen-bond donors (Lipinski definition) is 1. The second kappa shape index (κ2) is 6.33. The summed E-state index contributed by atoms with van der Waals surface area (Å²) < 4.78 is 5.75. The number of hydrogen-bond acceptors (Lipinski definition) is 2. The van der Waals surface area contributed by atoms with E-state index in [0.717, 1.165) is 5.75 Å². The first-order valence-electron chi connectivity index (χ1n) is 5.67. The molecule has 1 N–H and O–H groups in total. The molecule has 0 aliphatic heterocycles. The maximum atomic E-state index is 5.75. The van der Waals surface area contributed by atoms with Crippen molar-refractivity contribution < 1.29 is 4.74 Å². The SMILES string of the molecule is CNC(C)c1ccccc1OCC=C(C)C. The third-order valence-corrected chi connectivity index (χ3v) is 2.55. The molecular weight excluding hydrogens is 198 g/mol. The fourth-order valence-electron chi connectivity index (χ4n) is 1.42. The second-order valence-corrected chi connectivity index (χ2v) is 4.14. The summed E-state index contributed by atoms with van der Waals surface area (Å²) in [5.74, 6) is 0.960. The number of nitrogens with one attached hydrogen (secondary N) is 1. The van der Waals surface area contributed by atoms with E-state index in [1.54, 1.807) is 0 Å². The fourth-order valence-corrected chi connectivity index (χ4v) is 1.42. The summed E-state index contributed by atoms with van der Waals surface area (Å²) in [7, 11) is 1.96. The molecule has 0 radical (unpaired) electrons. The van der Waals surface area contributed by atoms with Crippen LogP contribution in [0.2, 0.25) is 0 Å². The van der Waals surface area contributed by atoms with Crippen molar-refractivity contribution in [2.45, 2.75) is 26.8 Å². The van der Waals surface area contributed by atoms with Crippen molar-refractivity contribution in [1.29, 1.82) is 0 Å². The second-order valence-electron chi connectivity index (χ2n) is 4.14. The van der Waals surface area contributed by atoms with Gasteiger partial charge in [-0.2, -0.15) is 0 Å². The monoisotopic (exact) mass is 219 g/mol. The Balaban J connectivity index is 2.75. The van der Waals surface area contributed by atoms with E-state index in [-0.39, 0.29) is 0 Å².